The van der Waals surface area contributed by atoms with Crippen LogP contribution in [0.15, 0.2) is 0 Å². The molecule has 0 amide bonds. The number of hydrogen-bond acceptors (Lipinski definition) is 2. The fourth-order valence-corrected chi connectivity index (χ4v) is 2.49. The predicted octanol–water partition coefficient (Wildman–Crippen LogP) is 3.13. The van der Waals surface area contributed by atoms with Crippen LogP contribution >= 0.6 is 0 Å². The minimum atomic E-state index is 0.631. The Morgan fingerprint density at radius 3 is 2.41 bits per heavy atom. The van der Waals surface area contributed by atoms with Crippen molar-refractivity contribution in [2.45, 2.75) is 53.4 Å². The van der Waals surface area contributed by atoms with Crippen molar-refractivity contribution in [3.8, 4) is 0 Å². The molecule has 1 fully saturated rings. The summed E-state index contributed by atoms with van der Waals surface area (Å²) in [5.41, 5.74) is 0.631. The zero-order chi connectivity index (χ0) is 12.7. The van der Waals surface area contributed by atoms with Crippen LogP contribution in [0, 0.1) is 11.3 Å². The molecule has 0 aromatic heterocycles. The molecule has 0 atom stereocenters. The molecule has 2 heteroatoms. The molecule has 17 heavy (non-hydrogen) atoms. The van der Waals surface area contributed by atoms with Gasteiger partial charge in [-0.1, -0.05) is 34.1 Å². The van der Waals surface area contributed by atoms with E-state index in [1.807, 2.05) is 0 Å². The number of hydrogen-bond donors (Lipinski definition) is 1. The molecule has 1 aliphatic heterocycles. The Morgan fingerprint density at radius 2 is 1.88 bits per heavy atom. The van der Waals surface area contributed by atoms with Crippen LogP contribution in [0.25, 0.3) is 0 Å². The first-order valence-corrected chi connectivity index (χ1v) is 7.49. The zero-order valence-corrected chi connectivity index (χ0v) is 12.4. The molecule has 0 spiro atoms. The second-order valence-electron chi connectivity index (χ2n) is 6.46. The lowest BCUT2D eigenvalue weighted by Crippen LogP contribution is -2.39. The highest BCUT2D eigenvalue weighted by Crippen LogP contribution is 2.33. The van der Waals surface area contributed by atoms with Gasteiger partial charge >= 0.3 is 0 Å². The summed E-state index contributed by atoms with van der Waals surface area (Å²) in [5.74, 6) is 0.773. The highest BCUT2D eigenvalue weighted by Gasteiger charge is 2.27. The van der Waals surface area contributed by atoms with Gasteiger partial charge in [-0.2, -0.15) is 0 Å². The van der Waals surface area contributed by atoms with Crippen molar-refractivity contribution in [1.82, 2.24) is 10.2 Å². The number of nitrogens with zero attached hydrogens (tertiary/aromatic N) is 1. The van der Waals surface area contributed by atoms with Crippen LogP contribution in [0.3, 0.4) is 0 Å². The summed E-state index contributed by atoms with van der Waals surface area (Å²) in [7, 11) is 0. The Hall–Kier alpha value is -0.0800. The summed E-state index contributed by atoms with van der Waals surface area (Å²) in [6.45, 7) is 15.6. The molecule has 1 saturated heterocycles. The molecule has 1 aliphatic rings. The van der Waals surface area contributed by atoms with Gasteiger partial charge in [-0.25, -0.2) is 0 Å². The highest BCUT2D eigenvalue weighted by atomic mass is 15.1. The smallest absolute Gasteiger partial charge is 0.000663 e. The molecule has 0 radical (unpaired) electrons. The molecule has 1 N–H and O–H groups in total. The molecule has 1 heterocycles. The first kappa shape index (κ1) is 15.0. The van der Waals surface area contributed by atoms with Crippen LogP contribution in [-0.4, -0.2) is 37.6 Å². The van der Waals surface area contributed by atoms with Gasteiger partial charge < -0.3 is 10.2 Å². The number of nitrogens with one attached hydrogen (secondary N) is 1. The van der Waals surface area contributed by atoms with Gasteiger partial charge in [-0.15, -0.1) is 0 Å². The largest absolute Gasteiger partial charge is 0.316 e. The summed E-state index contributed by atoms with van der Waals surface area (Å²) >= 11 is 0. The zero-order valence-electron chi connectivity index (χ0n) is 12.4. The Bertz CT molecular complexity index is 193. The Morgan fingerprint density at radius 1 is 1.24 bits per heavy atom. The second kappa shape index (κ2) is 7.38. The van der Waals surface area contributed by atoms with Gasteiger partial charge in [0.1, 0.15) is 0 Å². The summed E-state index contributed by atoms with van der Waals surface area (Å²) < 4.78 is 0. The van der Waals surface area contributed by atoms with Gasteiger partial charge in [-0.05, 0) is 63.3 Å². The third kappa shape index (κ3) is 5.87. The van der Waals surface area contributed by atoms with Crippen molar-refractivity contribution in [2.24, 2.45) is 11.3 Å². The first-order chi connectivity index (χ1) is 8.06. The molecular weight excluding hydrogens is 208 g/mol. The molecule has 0 aromatic carbocycles. The fraction of sp³-hybridized carbons (Fsp3) is 1.00. The number of likely N-dealkylation sites (tertiary alicyclic amines) is 1. The van der Waals surface area contributed by atoms with E-state index in [-0.39, 0.29) is 0 Å². The third-order valence-electron chi connectivity index (χ3n) is 4.30. The lowest BCUT2D eigenvalue weighted by Gasteiger charge is -2.39. The van der Waals surface area contributed by atoms with E-state index in [9.17, 15) is 0 Å². The van der Waals surface area contributed by atoms with E-state index in [2.05, 4.69) is 37.9 Å². The van der Waals surface area contributed by atoms with Gasteiger partial charge in [-0.3, -0.25) is 0 Å². The van der Waals surface area contributed by atoms with E-state index in [0.717, 1.165) is 12.5 Å². The standard InChI is InChI=1S/C15H32N2/c1-5-15(4)7-11-17(12-8-15)10-6-9-16-13-14(2)3/h14,16H,5-13H2,1-4H3. The minimum absolute atomic E-state index is 0.631. The van der Waals surface area contributed by atoms with Crippen molar-refractivity contribution in [3.63, 3.8) is 0 Å². The molecule has 1 rings (SSSR count). The van der Waals surface area contributed by atoms with Gasteiger partial charge in [0.15, 0.2) is 0 Å². The van der Waals surface area contributed by atoms with Crippen molar-refractivity contribution in [2.75, 3.05) is 32.7 Å². The minimum Gasteiger partial charge on any atom is -0.316 e. The monoisotopic (exact) mass is 240 g/mol. The maximum atomic E-state index is 3.53. The lowest BCUT2D eigenvalue weighted by molar-refractivity contribution is 0.114. The van der Waals surface area contributed by atoms with Crippen LogP contribution < -0.4 is 5.32 Å². The van der Waals surface area contributed by atoms with Crippen LogP contribution in [0.1, 0.15) is 53.4 Å². The van der Waals surface area contributed by atoms with Crippen LogP contribution in [-0.2, 0) is 0 Å². The summed E-state index contributed by atoms with van der Waals surface area (Å²) in [5, 5.41) is 3.53. The average molecular weight is 240 g/mol. The maximum absolute atomic E-state index is 3.53. The summed E-state index contributed by atoms with van der Waals surface area (Å²) in [6.07, 6.45) is 5.43. The predicted molar refractivity (Wildman–Crippen MR) is 76.4 cm³/mol. The van der Waals surface area contributed by atoms with E-state index in [0.29, 0.717) is 5.41 Å². The Kier molecular flexibility index (Phi) is 6.50. The molecule has 0 unspecified atom stereocenters. The Labute approximate surface area is 108 Å². The van der Waals surface area contributed by atoms with E-state index >= 15 is 0 Å². The van der Waals surface area contributed by atoms with Crippen LogP contribution in [0.4, 0.5) is 0 Å². The van der Waals surface area contributed by atoms with E-state index in [1.54, 1.807) is 0 Å². The van der Waals surface area contributed by atoms with Gasteiger partial charge in [0.2, 0.25) is 0 Å². The maximum Gasteiger partial charge on any atom is -0.000663 e. The fourth-order valence-electron chi connectivity index (χ4n) is 2.49. The molecule has 0 saturated carbocycles. The van der Waals surface area contributed by atoms with E-state index < -0.39 is 0 Å². The normalized spacial score (nSPS) is 21.0. The molecule has 102 valence electrons. The topological polar surface area (TPSA) is 15.3 Å². The second-order valence-corrected chi connectivity index (χ2v) is 6.46. The van der Waals surface area contributed by atoms with Crippen LogP contribution in [0.2, 0.25) is 0 Å². The SMILES string of the molecule is CCC1(C)CCN(CCCNCC(C)C)CC1. The van der Waals surface area contributed by atoms with Gasteiger partial charge in [0.05, 0.1) is 0 Å². The number of piperidine rings is 1. The van der Waals surface area contributed by atoms with Crippen molar-refractivity contribution >= 4 is 0 Å². The summed E-state index contributed by atoms with van der Waals surface area (Å²) in [4.78, 5) is 2.65. The molecular formula is C15H32N2. The molecule has 2 nitrogen and oxygen atoms in total. The van der Waals surface area contributed by atoms with E-state index in [1.165, 1.54) is 51.9 Å². The van der Waals surface area contributed by atoms with Gasteiger partial charge in [0.25, 0.3) is 0 Å². The average Bonchev–Trinajstić information content (AvgIpc) is 2.31. The quantitative estimate of drug-likeness (QED) is 0.688. The van der Waals surface area contributed by atoms with Gasteiger partial charge in [0, 0.05) is 0 Å². The first-order valence-electron chi connectivity index (χ1n) is 7.49. The van der Waals surface area contributed by atoms with E-state index in [4.69, 9.17) is 0 Å². The molecule has 0 bridgehead atoms. The molecule has 0 aliphatic carbocycles. The molecule has 0 aromatic rings. The lowest BCUT2D eigenvalue weighted by atomic mass is 9.78. The number of rotatable bonds is 7. The van der Waals surface area contributed by atoms with Crippen molar-refractivity contribution in [3.05, 3.63) is 0 Å². The van der Waals surface area contributed by atoms with Crippen molar-refractivity contribution in [1.29, 1.82) is 0 Å². The highest BCUT2D eigenvalue weighted by molar-refractivity contribution is 4.81. The Balaban J connectivity index is 2.03. The summed E-state index contributed by atoms with van der Waals surface area (Å²) in [6, 6.07) is 0. The van der Waals surface area contributed by atoms with Crippen LogP contribution in [0.5, 0.6) is 0 Å². The third-order valence-corrected chi connectivity index (χ3v) is 4.30. The van der Waals surface area contributed by atoms with Crippen molar-refractivity contribution < 1.29 is 0 Å².